The molecule has 0 aliphatic heterocycles. The van der Waals surface area contributed by atoms with Crippen LogP contribution in [0, 0.1) is 17.2 Å². The number of hydrogen-bond acceptors (Lipinski definition) is 5. The Kier molecular flexibility index (Phi) is 3.20. The van der Waals surface area contributed by atoms with Crippen LogP contribution in [0.4, 0.5) is 0 Å². The van der Waals surface area contributed by atoms with E-state index >= 15 is 0 Å². The van der Waals surface area contributed by atoms with E-state index in [1.54, 1.807) is 0 Å². The third kappa shape index (κ3) is 2.28. The van der Waals surface area contributed by atoms with E-state index in [2.05, 4.69) is 9.97 Å². The summed E-state index contributed by atoms with van der Waals surface area (Å²) in [7, 11) is 0. The Hall–Kier alpha value is -1.91. The molecule has 2 heterocycles. The van der Waals surface area contributed by atoms with Gasteiger partial charge in [-0.1, -0.05) is 0 Å². The summed E-state index contributed by atoms with van der Waals surface area (Å²) in [5.41, 5.74) is 0.214. The summed E-state index contributed by atoms with van der Waals surface area (Å²) in [5.74, 6) is 0.468. The number of nitriles is 1. The molecule has 1 aliphatic rings. The maximum atomic E-state index is 12.3. The summed E-state index contributed by atoms with van der Waals surface area (Å²) in [6.07, 6.45) is 5.18. The van der Waals surface area contributed by atoms with Crippen LogP contribution >= 0.6 is 0 Å². The van der Waals surface area contributed by atoms with Crippen molar-refractivity contribution < 1.29 is 4.55 Å². The normalized spacial score (nSPS) is 16.1. The summed E-state index contributed by atoms with van der Waals surface area (Å²) in [4.78, 5) is 20.5. The number of nitrogens with zero attached hydrogens (tertiary/aromatic N) is 4. The van der Waals surface area contributed by atoms with Gasteiger partial charge in [-0.3, -0.25) is 9.36 Å². The SMILES string of the molecule is C[S+]([O-])c1ncc2cc(C#N)c(=O)n(CC3CC3)c2n1. The lowest BCUT2D eigenvalue weighted by Crippen LogP contribution is -2.25. The molecular formula is C13H12N4O2S. The summed E-state index contributed by atoms with van der Waals surface area (Å²) in [5, 5.41) is 9.86. The molecule has 2 aromatic rings. The van der Waals surface area contributed by atoms with Gasteiger partial charge in [0.15, 0.2) is 5.65 Å². The Balaban J connectivity index is 2.27. The van der Waals surface area contributed by atoms with Gasteiger partial charge in [0.2, 0.25) is 0 Å². The molecule has 102 valence electrons. The van der Waals surface area contributed by atoms with Crippen molar-refractivity contribution in [1.82, 2.24) is 14.5 Å². The van der Waals surface area contributed by atoms with E-state index in [1.165, 1.54) is 23.1 Å². The van der Waals surface area contributed by atoms with E-state index in [0.717, 1.165) is 12.8 Å². The fraction of sp³-hybridized carbons (Fsp3) is 0.385. The Morgan fingerprint density at radius 1 is 1.60 bits per heavy atom. The van der Waals surface area contributed by atoms with Crippen LogP contribution in [-0.2, 0) is 17.7 Å². The molecule has 0 saturated heterocycles. The molecule has 1 fully saturated rings. The van der Waals surface area contributed by atoms with Crippen molar-refractivity contribution in [1.29, 1.82) is 5.26 Å². The minimum absolute atomic E-state index is 0.0899. The summed E-state index contributed by atoms with van der Waals surface area (Å²) in [6, 6.07) is 3.40. The predicted molar refractivity (Wildman–Crippen MR) is 73.6 cm³/mol. The quantitative estimate of drug-likeness (QED) is 0.615. The van der Waals surface area contributed by atoms with Crippen molar-refractivity contribution in [2.45, 2.75) is 24.5 Å². The van der Waals surface area contributed by atoms with Gasteiger partial charge in [-0.15, -0.1) is 0 Å². The predicted octanol–water partition coefficient (Wildman–Crippen LogP) is 0.811. The fourth-order valence-electron chi connectivity index (χ4n) is 2.09. The van der Waals surface area contributed by atoms with Gasteiger partial charge < -0.3 is 4.55 Å². The molecule has 20 heavy (non-hydrogen) atoms. The maximum Gasteiger partial charge on any atom is 0.344 e. The molecule has 0 radical (unpaired) electrons. The number of aromatic nitrogens is 3. The Morgan fingerprint density at radius 3 is 2.95 bits per heavy atom. The smallest absolute Gasteiger partial charge is 0.344 e. The van der Waals surface area contributed by atoms with Crippen molar-refractivity contribution in [2.24, 2.45) is 5.92 Å². The average molecular weight is 288 g/mol. The number of pyridine rings is 1. The lowest BCUT2D eigenvalue weighted by Gasteiger charge is -2.10. The zero-order valence-corrected chi connectivity index (χ0v) is 11.7. The minimum atomic E-state index is -1.31. The van der Waals surface area contributed by atoms with E-state index in [4.69, 9.17) is 5.26 Å². The first-order chi connectivity index (χ1) is 9.60. The minimum Gasteiger partial charge on any atom is -0.609 e. The van der Waals surface area contributed by atoms with E-state index in [0.29, 0.717) is 23.5 Å². The highest BCUT2D eigenvalue weighted by Gasteiger charge is 2.24. The van der Waals surface area contributed by atoms with Gasteiger partial charge in [0.25, 0.3) is 5.56 Å². The zero-order valence-electron chi connectivity index (χ0n) is 10.9. The highest BCUT2D eigenvalue weighted by Crippen LogP contribution is 2.31. The van der Waals surface area contributed by atoms with Crippen LogP contribution in [0.25, 0.3) is 11.0 Å². The summed E-state index contributed by atoms with van der Waals surface area (Å²) < 4.78 is 13.0. The van der Waals surface area contributed by atoms with E-state index in [-0.39, 0.29) is 16.3 Å². The fourth-order valence-corrected chi connectivity index (χ4v) is 2.51. The van der Waals surface area contributed by atoms with E-state index < -0.39 is 11.2 Å². The first-order valence-corrected chi connectivity index (χ1v) is 7.80. The molecule has 1 unspecified atom stereocenters. The maximum absolute atomic E-state index is 12.3. The van der Waals surface area contributed by atoms with Crippen molar-refractivity contribution in [2.75, 3.05) is 6.26 Å². The molecule has 0 bridgehead atoms. The van der Waals surface area contributed by atoms with Gasteiger partial charge in [0.05, 0.1) is 0 Å². The zero-order chi connectivity index (χ0) is 14.3. The number of fused-ring (bicyclic) bond motifs is 1. The average Bonchev–Trinajstić information content (AvgIpc) is 3.25. The third-order valence-electron chi connectivity index (χ3n) is 3.32. The van der Waals surface area contributed by atoms with Gasteiger partial charge in [-0.2, -0.15) is 15.2 Å². The van der Waals surface area contributed by atoms with E-state index in [1.807, 2.05) is 6.07 Å². The lowest BCUT2D eigenvalue weighted by atomic mass is 10.2. The largest absolute Gasteiger partial charge is 0.609 e. The van der Waals surface area contributed by atoms with Crippen molar-refractivity contribution >= 4 is 22.2 Å². The second-order valence-electron chi connectivity index (χ2n) is 4.91. The molecule has 0 amide bonds. The first-order valence-electron chi connectivity index (χ1n) is 6.24. The highest BCUT2D eigenvalue weighted by atomic mass is 32.2. The number of rotatable bonds is 3. The molecule has 7 heteroatoms. The molecule has 6 nitrogen and oxygen atoms in total. The molecule has 0 aromatic carbocycles. The standard InChI is InChI=1S/C13H12N4O2S/c1-20(19)13-15-6-10-4-9(5-14)12(18)17(11(10)16-13)7-8-2-3-8/h4,6,8H,2-3,7H2,1H3. The van der Waals surface area contributed by atoms with Crippen LogP contribution in [0.15, 0.2) is 22.2 Å². The first kappa shape index (κ1) is 13.1. The third-order valence-corrected chi connectivity index (χ3v) is 4.03. The molecule has 3 rings (SSSR count). The van der Waals surface area contributed by atoms with E-state index in [9.17, 15) is 9.35 Å². The van der Waals surface area contributed by atoms with Gasteiger partial charge in [0, 0.05) is 29.3 Å². The molecule has 0 N–H and O–H groups in total. The van der Waals surface area contributed by atoms with Crippen LogP contribution < -0.4 is 5.56 Å². The topological polar surface area (TPSA) is 94.6 Å². The van der Waals surface area contributed by atoms with Crippen LogP contribution in [0.3, 0.4) is 0 Å². The van der Waals surface area contributed by atoms with Crippen molar-refractivity contribution in [3.05, 3.63) is 28.2 Å². The molecule has 2 aromatic heterocycles. The van der Waals surface area contributed by atoms with Crippen molar-refractivity contribution in [3.63, 3.8) is 0 Å². The lowest BCUT2D eigenvalue weighted by molar-refractivity contribution is 0.589. The van der Waals surface area contributed by atoms with Crippen LogP contribution in [-0.4, -0.2) is 25.3 Å². The molecule has 1 saturated carbocycles. The Morgan fingerprint density at radius 2 is 2.35 bits per heavy atom. The van der Waals surface area contributed by atoms with Gasteiger partial charge in [-0.05, 0) is 24.8 Å². The number of hydrogen-bond donors (Lipinski definition) is 0. The Bertz CT molecular complexity index is 774. The summed E-state index contributed by atoms with van der Waals surface area (Å²) >= 11 is -1.31. The highest BCUT2D eigenvalue weighted by molar-refractivity contribution is 7.90. The van der Waals surface area contributed by atoms with Gasteiger partial charge >= 0.3 is 5.16 Å². The molecule has 0 spiro atoms. The molecular weight excluding hydrogens is 276 g/mol. The molecule has 1 aliphatic carbocycles. The van der Waals surface area contributed by atoms with Gasteiger partial charge in [-0.25, -0.2) is 0 Å². The Labute approximate surface area is 118 Å². The van der Waals surface area contributed by atoms with Crippen LogP contribution in [0.5, 0.6) is 0 Å². The second kappa shape index (κ2) is 4.89. The van der Waals surface area contributed by atoms with Crippen LogP contribution in [0.2, 0.25) is 0 Å². The monoisotopic (exact) mass is 288 g/mol. The summed E-state index contributed by atoms with van der Waals surface area (Å²) in [6.45, 7) is 0.553. The molecule has 1 atom stereocenters. The second-order valence-corrected chi connectivity index (χ2v) is 6.19. The van der Waals surface area contributed by atoms with Crippen LogP contribution in [0.1, 0.15) is 18.4 Å². The van der Waals surface area contributed by atoms with Crippen molar-refractivity contribution in [3.8, 4) is 6.07 Å². The van der Waals surface area contributed by atoms with Gasteiger partial charge in [0.1, 0.15) is 17.9 Å².